The summed E-state index contributed by atoms with van der Waals surface area (Å²) in [6.07, 6.45) is 0.848. The van der Waals surface area contributed by atoms with Gasteiger partial charge in [-0.25, -0.2) is 0 Å². The van der Waals surface area contributed by atoms with Crippen molar-refractivity contribution in [2.75, 3.05) is 56.0 Å². The first kappa shape index (κ1) is 25.0. The van der Waals surface area contributed by atoms with Crippen LogP contribution in [0.5, 0.6) is 0 Å². The van der Waals surface area contributed by atoms with E-state index in [1.807, 2.05) is 48.5 Å². The number of benzene rings is 2. The zero-order valence-electron chi connectivity index (χ0n) is 20.0. The highest BCUT2D eigenvalue weighted by atomic mass is 35.5. The lowest BCUT2D eigenvalue weighted by molar-refractivity contribution is -0.145. The van der Waals surface area contributed by atoms with E-state index in [1.54, 1.807) is 4.90 Å². The van der Waals surface area contributed by atoms with Gasteiger partial charge in [0.2, 0.25) is 17.7 Å². The number of amides is 3. The topological polar surface area (TPSA) is 85.0 Å². The molecule has 9 heteroatoms. The second kappa shape index (κ2) is 11.6. The SMILES string of the molecule is CCc1ccc(NC(=O)C[C@H]2C(=O)NCCN2C(=O)CN2CCN(c3ccc(Cl)cc3)CC2)cc1. The second-order valence-electron chi connectivity index (χ2n) is 8.94. The van der Waals surface area contributed by atoms with Crippen molar-refractivity contribution in [3.63, 3.8) is 0 Å². The molecule has 8 nitrogen and oxygen atoms in total. The minimum Gasteiger partial charge on any atom is -0.369 e. The van der Waals surface area contributed by atoms with Crippen LogP contribution in [0.3, 0.4) is 0 Å². The van der Waals surface area contributed by atoms with Gasteiger partial charge in [-0.2, -0.15) is 0 Å². The van der Waals surface area contributed by atoms with Crippen LogP contribution >= 0.6 is 11.6 Å². The number of carbonyl (C=O) groups excluding carboxylic acids is 3. The van der Waals surface area contributed by atoms with Gasteiger partial charge in [-0.1, -0.05) is 30.7 Å². The van der Waals surface area contributed by atoms with Crippen molar-refractivity contribution in [3.05, 3.63) is 59.1 Å². The molecule has 2 aliphatic heterocycles. The quantitative estimate of drug-likeness (QED) is 0.613. The number of hydrogen-bond donors (Lipinski definition) is 2. The average Bonchev–Trinajstić information content (AvgIpc) is 2.86. The summed E-state index contributed by atoms with van der Waals surface area (Å²) < 4.78 is 0. The minimum absolute atomic E-state index is 0.0720. The van der Waals surface area contributed by atoms with Crippen molar-refractivity contribution in [2.24, 2.45) is 0 Å². The summed E-state index contributed by atoms with van der Waals surface area (Å²) in [5, 5.41) is 6.34. The average molecular weight is 498 g/mol. The number of hydrogen-bond acceptors (Lipinski definition) is 5. The van der Waals surface area contributed by atoms with E-state index in [9.17, 15) is 14.4 Å². The highest BCUT2D eigenvalue weighted by Gasteiger charge is 2.35. The predicted molar refractivity (Wildman–Crippen MR) is 138 cm³/mol. The molecule has 2 N–H and O–H groups in total. The van der Waals surface area contributed by atoms with Crippen molar-refractivity contribution in [2.45, 2.75) is 25.8 Å². The summed E-state index contributed by atoms with van der Waals surface area (Å²) in [4.78, 5) is 44.4. The molecular weight excluding hydrogens is 466 g/mol. The lowest BCUT2D eigenvalue weighted by atomic mass is 10.1. The number of rotatable bonds is 7. The van der Waals surface area contributed by atoms with Gasteiger partial charge in [0, 0.05) is 55.7 Å². The molecule has 2 aromatic carbocycles. The summed E-state index contributed by atoms with van der Waals surface area (Å²) in [6.45, 7) is 6.19. The number of piperazine rings is 2. The van der Waals surface area contributed by atoms with Crippen LogP contribution in [0.4, 0.5) is 11.4 Å². The van der Waals surface area contributed by atoms with Gasteiger partial charge < -0.3 is 20.4 Å². The lowest BCUT2D eigenvalue weighted by Crippen LogP contribution is -2.60. The molecule has 2 aromatic rings. The molecule has 0 spiro atoms. The molecule has 2 heterocycles. The highest BCUT2D eigenvalue weighted by molar-refractivity contribution is 6.30. The Bertz CT molecular complexity index is 1040. The fraction of sp³-hybridized carbons (Fsp3) is 0.423. The normalized spacial score (nSPS) is 18.8. The molecule has 186 valence electrons. The van der Waals surface area contributed by atoms with E-state index in [1.165, 1.54) is 5.56 Å². The first-order valence-electron chi connectivity index (χ1n) is 12.1. The van der Waals surface area contributed by atoms with Crippen molar-refractivity contribution < 1.29 is 14.4 Å². The Kier molecular flexibility index (Phi) is 8.25. The van der Waals surface area contributed by atoms with Crippen LogP contribution in [0.2, 0.25) is 5.02 Å². The summed E-state index contributed by atoms with van der Waals surface area (Å²) in [5.74, 6) is -0.691. The third-order valence-electron chi connectivity index (χ3n) is 6.60. The van der Waals surface area contributed by atoms with E-state index < -0.39 is 6.04 Å². The first-order chi connectivity index (χ1) is 16.9. The standard InChI is InChI=1S/C26H32ClN5O3/c1-2-19-3-7-21(8-4-19)29-24(33)17-23-26(35)28-11-12-32(23)25(34)18-30-13-15-31(16-14-30)22-9-5-20(27)6-10-22/h3-10,23H,2,11-18H2,1H3,(H,28,35)(H,29,33)/t23-/m0/s1. The Morgan fingerprint density at radius 2 is 1.69 bits per heavy atom. The number of carbonyl (C=O) groups is 3. The Labute approximate surface area is 211 Å². The summed E-state index contributed by atoms with van der Waals surface area (Å²) in [6, 6.07) is 14.6. The van der Waals surface area contributed by atoms with Crippen LogP contribution in [-0.2, 0) is 20.8 Å². The Morgan fingerprint density at radius 3 is 2.34 bits per heavy atom. The van der Waals surface area contributed by atoms with Gasteiger partial charge in [-0.3, -0.25) is 19.3 Å². The Morgan fingerprint density at radius 1 is 1.00 bits per heavy atom. The van der Waals surface area contributed by atoms with Gasteiger partial charge in [0.05, 0.1) is 13.0 Å². The van der Waals surface area contributed by atoms with E-state index in [0.29, 0.717) is 23.8 Å². The molecule has 2 saturated heterocycles. The van der Waals surface area contributed by atoms with E-state index in [-0.39, 0.29) is 30.7 Å². The molecule has 0 aliphatic carbocycles. The van der Waals surface area contributed by atoms with E-state index in [4.69, 9.17) is 11.6 Å². The number of halogens is 1. The maximum absolute atomic E-state index is 13.2. The number of nitrogens with one attached hydrogen (secondary N) is 2. The molecular formula is C26H32ClN5O3. The second-order valence-corrected chi connectivity index (χ2v) is 9.37. The molecule has 2 fully saturated rings. The molecule has 0 unspecified atom stereocenters. The predicted octanol–water partition coefficient (Wildman–Crippen LogP) is 2.38. The largest absolute Gasteiger partial charge is 0.369 e. The number of aryl methyl sites for hydroxylation is 1. The monoisotopic (exact) mass is 497 g/mol. The van der Waals surface area contributed by atoms with Crippen molar-refractivity contribution >= 4 is 40.7 Å². The van der Waals surface area contributed by atoms with Crippen LogP contribution in [-0.4, -0.2) is 79.4 Å². The van der Waals surface area contributed by atoms with Gasteiger partial charge in [-0.05, 0) is 48.4 Å². The van der Waals surface area contributed by atoms with Crippen LogP contribution in [0.25, 0.3) is 0 Å². The van der Waals surface area contributed by atoms with Gasteiger partial charge in [-0.15, -0.1) is 0 Å². The van der Waals surface area contributed by atoms with Gasteiger partial charge in [0.15, 0.2) is 0 Å². The maximum Gasteiger partial charge on any atom is 0.243 e. The molecule has 35 heavy (non-hydrogen) atoms. The fourth-order valence-corrected chi connectivity index (χ4v) is 4.65. The maximum atomic E-state index is 13.2. The Hall–Kier alpha value is -3.10. The molecule has 0 saturated carbocycles. The van der Waals surface area contributed by atoms with Crippen molar-refractivity contribution in [3.8, 4) is 0 Å². The van der Waals surface area contributed by atoms with E-state index in [0.717, 1.165) is 38.3 Å². The van der Waals surface area contributed by atoms with Crippen LogP contribution < -0.4 is 15.5 Å². The molecule has 3 amide bonds. The van der Waals surface area contributed by atoms with E-state index in [2.05, 4.69) is 27.4 Å². The smallest absolute Gasteiger partial charge is 0.243 e. The lowest BCUT2D eigenvalue weighted by Gasteiger charge is -2.39. The summed E-state index contributed by atoms with van der Waals surface area (Å²) in [5.41, 5.74) is 2.98. The van der Waals surface area contributed by atoms with E-state index >= 15 is 0 Å². The van der Waals surface area contributed by atoms with Crippen LogP contribution in [0.1, 0.15) is 18.9 Å². The third-order valence-corrected chi connectivity index (χ3v) is 6.85. The molecule has 0 radical (unpaired) electrons. The molecule has 4 rings (SSSR count). The van der Waals surface area contributed by atoms with Gasteiger partial charge >= 0.3 is 0 Å². The number of anilines is 2. The van der Waals surface area contributed by atoms with Crippen molar-refractivity contribution in [1.82, 2.24) is 15.1 Å². The molecule has 0 aromatic heterocycles. The molecule has 0 bridgehead atoms. The Balaban J connectivity index is 1.31. The van der Waals surface area contributed by atoms with Crippen LogP contribution in [0.15, 0.2) is 48.5 Å². The molecule has 1 atom stereocenters. The van der Waals surface area contributed by atoms with Crippen molar-refractivity contribution in [1.29, 1.82) is 0 Å². The van der Waals surface area contributed by atoms with Crippen LogP contribution in [0, 0.1) is 0 Å². The zero-order valence-corrected chi connectivity index (χ0v) is 20.8. The summed E-state index contributed by atoms with van der Waals surface area (Å²) in [7, 11) is 0. The highest BCUT2D eigenvalue weighted by Crippen LogP contribution is 2.20. The third kappa shape index (κ3) is 6.52. The summed E-state index contributed by atoms with van der Waals surface area (Å²) >= 11 is 5.99. The fourth-order valence-electron chi connectivity index (χ4n) is 4.53. The molecule has 2 aliphatic rings. The van der Waals surface area contributed by atoms with Gasteiger partial charge in [0.25, 0.3) is 0 Å². The minimum atomic E-state index is -0.804. The van der Waals surface area contributed by atoms with Gasteiger partial charge in [0.1, 0.15) is 6.04 Å². The zero-order chi connectivity index (χ0) is 24.8. The first-order valence-corrected chi connectivity index (χ1v) is 12.5. The number of nitrogens with zero attached hydrogens (tertiary/aromatic N) is 3.